The average Bonchev–Trinajstić information content (AvgIpc) is 3.06. The number of thiophene rings is 1. The van der Waals surface area contributed by atoms with Gasteiger partial charge in [0.2, 0.25) is 11.8 Å². The van der Waals surface area contributed by atoms with E-state index in [4.69, 9.17) is 4.42 Å². The second-order valence-electron chi connectivity index (χ2n) is 4.46. The summed E-state index contributed by atoms with van der Waals surface area (Å²) in [5, 5.41) is 10.2. The topological polar surface area (TPSA) is 38.9 Å². The molecule has 0 aliphatic rings. The van der Waals surface area contributed by atoms with Crippen molar-refractivity contribution in [3.05, 3.63) is 45.9 Å². The van der Waals surface area contributed by atoms with Crippen LogP contribution in [0.5, 0.6) is 0 Å². The van der Waals surface area contributed by atoms with E-state index in [0.717, 1.165) is 17.5 Å². The van der Waals surface area contributed by atoms with Crippen LogP contribution in [0.25, 0.3) is 22.9 Å². The fraction of sp³-hybridized carbons (Fsp3) is 0.200. The smallest absolute Gasteiger partial charge is 0.249 e. The highest BCUT2D eigenvalue weighted by molar-refractivity contribution is 7.10. The predicted octanol–water partition coefficient (Wildman–Crippen LogP) is 4.48. The molecule has 2 aromatic heterocycles. The fourth-order valence-corrected chi connectivity index (χ4v) is 3.07. The maximum absolute atomic E-state index is 12.9. The minimum absolute atomic E-state index is 0.282. The van der Waals surface area contributed by atoms with E-state index in [2.05, 4.69) is 24.0 Å². The normalized spacial score (nSPS) is 10.9. The van der Waals surface area contributed by atoms with E-state index in [-0.39, 0.29) is 5.82 Å². The maximum Gasteiger partial charge on any atom is 0.249 e. The Labute approximate surface area is 120 Å². The molecule has 0 aliphatic heterocycles. The highest BCUT2D eigenvalue weighted by Crippen LogP contribution is 2.32. The summed E-state index contributed by atoms with van der Waals surface area (Å²) in [6.45, 7) is 4.19. The fourth-order valence-electron chi connectivity index (χ4n) is 2.14. The largest absolute Gasteiger partial charge is 0.416 e. The molecule has 3 rings (SSSR count). The number of rotatable bonds is 3. The number of aryl methyl sites for hydroxylation is 1. The zero-order valence-electron chi connectivity index (χ0n) is 11.2. The van der Waals surface area contributed by atoms with E-state index in [9.17, 15) is 4.39 Å². The van der Waals surface area contributed by atoms with Gasteiger partial charge >= 0.3 is 0 Å². The molecular weight excluding hydrogens is 275 g/mol. The predicted molar refractivity (Wildman–Crippen MR) is 77.1 cm³/mol. The summed E-state index contributed by atoms with van der Waals surface area (Å²) in [7, 11) is 0. The minimum atomic E-state index is -0.282. The van der Waals surface area contributed by atoms with E-state index in [1.807, 2.05) is 5.38 Å². The molecule has 0 aliphatic carbocycles. The Morgan fingerprint density at radius 2 is 1.85 bits per heavy atom. The first-order valence-electron chi connectivity index (χ1n) is 6.35. The standard InChI is InChI=1S/C15H13FN2OS/c1-3-12-9(2)20-8-13(12)15-18-17-14(19-15)10-4-6-11(16)7-5-10/h4-8H,3H2,1-2H3. The van der Waals surface area contributed by atoms with Crippen LogP contribution in [-0.4, -0.2) is 10.2 Å². The Morgan fingerprint density at radius 3 is 2.55 bits per heavy atom. The van der Waals surface area contributed by atoms with Crippen LogP contribution in [0.4, 0.5) is 4.39 Å². The van der Waals surface area contributed by atoms with Crippen LogP contribution in [0, 0.1) is 12.7 Å². The van der Waals surface area contributed by atoms with E-state index < -0.39 is 0 Å². The molecule has 1 aromatic carbocycles. The van der Waals surface area contributed by atoms with Gasteiger partial charge in [0.25, 0.3) is 0 Å². The molecule has 102 valence electrons. The van der Waals surface area contributed by atoms with Gasteiger partial charge in [-0.3, -0.25) is 0 Å². The summed E-state index contributed by atoms with van der Waals surface area (Å²) in [5.41, 5.74) is 2.95. The monoisotopic (exact) mass is 288 g/mol. The number of hydrogen-bond donors (Lipinski definition) is 0. The summed E-state index contributed by atoms with van der Waals surface area (Å²) < 4.78 is 18.6. The Hall–Kier alpha value is -2.01. The SMILES string of the molecule is CCc1c(-c2nnc(-c3ccc(F)cc3)o2)csc1C. The molecule has 0 saturated carbocycles. The van der Waals surface area contributed by atoms with Crippen LogP contribution < -0.4 is 0 Å². The van der Waals surface area contributed by atoms with Crippen molar-refractivity contribution < 1.29 is 8.81 Å². The first kappa shape index (κ1) is 13.0. The molecule has 5 heteroatoms. The number of hydrogen-bond acceptors (Lipinski definition) is 4. The van der Waals surface area contributed by atoms with Crippen LogP contribution in [0.3, 0.4) is 0 Å². The Bertz CT molecular complexity index is 731. The van der Waals surface area contributed by atoms with Gasteiger partial charge in [-0.25, -0.2) is 4.39 Å². The first-order chi connectivity index (χ1) is 9.69. The van der Waals surface area contributed by atoms with E-state index in [0.29, 0.717) is 11.8 Å². The van der Waals surface area contributed by atoms with Crippen LogP contribution in [0.2, 0.25) is 0 Å². The van der Waals surface area contributed by atoms with Gasteiger partial charge in [-0.05, 0) is 43.2 Å². The molecule has 2 heterocycles. The Kier molecular flexibility index (Phi) is 3.36. The third-order valence-electron chi connectivity index (χ3n) is 3.20. The quantitative estimate of drug-likeness (QED) is 0.713. The zero-order valence-corrected chi connectivity index (χ0v) is 12.0. The molecule has 0 bridgehead atoms. The van der Waals surface area contributed by atoms with Crippen molar-refractivity contribution in [1.29, 1.82) is 0 Å². The van der Waals surface area contributed by atoms with Gasteiger partial charge in [0.1, 0.15) is 5.82 Å². The van der Waals surface area contributed by atoms with Crippen LogP contribution in [0.15, 0.2) is 34.1 Å². The molecule has 0 saturated heterocycles. The van der Waals surface area contributed by atoms with Gasteiger partial charge in [-0.1, -0.05) is 6.92 Å². The summed E-state index contributed by atoms with van der Waals surface area (Å²) >= 11 is 1.68. The lowest BCUT2D eigenvalue weighted by Crippen LogP contribution is -1.84. The van der Waals surface area contributed by atoms with Crippen LogP contribution in [-0.2, 0) is 6.42 Å². The molecule has 0 atom stereocenters. The maximum atomic E-state index is 12.9. The molecule has 0 amide bonds. The Morgan fingerprint density at radius 1 is 1.15 bits per heavy atom. The lowest BCUT2D eigenvalue weighted by Gasteiger charge is -1.97. The van der Waals surface area contributed by atoms with Crippen LogP contribution >= 0.6 is 11.3 Å². The summed E-state index contributed by atoms with van der Waals surface area (Å²) in [4.78, 5) is 1.27. The van der Waals surface area contributed by atoms with Crippen molar-refractivity contribution >= 4 is 11.3 Å². The first-order valence-corrected chi connectivity index (χ1v) is 7.23. The summed E-state index contributed by atoms with van der Waals surface area (Å²) in [5.74, 6) is 0.645. The molecular formula is C15H13FN2OS. The molecule has 0 radical (unpaired) electrons. The number of aromatic nitrogens is 2. The second-order valence-corrected chi connectivity index (χ2v) is 5.54. The molecule has 0 spiro atoms. The second kappa shape index (κ2) is 5.17. The van der Waals surface area contributed by atoms with E-state index in [1.165, 1.54) is 22.6 Å². The molecule has 20 heavy (non-hydrogen) atoms. The average molecular weight is 288 g/mol. The third-order valence-corrected chi connectivity index (χ3v) is 4.16. The summed E-state index contributed by atoms with van der Waals surface area (Å²) in [6.07, 6.45) is 0.929. The van der Waals surface area contributed by atoms with Gasteiger partial charge in [-0.15, -0.1) is 21.5 Å². The molecule has 0 fully saturated rings. The summed E-state index contributed by atoms with van der Waals surface area (Å²) in [6, 6.07) is 6.02. The van der Waals surface area contributed by atoms with Crippen molar-refractivity contribution in [3.63, 3.8) is 0 Å². The highest BCUT2D eigenvalue weighted by atomic mass is 32.1. The lowest BCUT2D eigenvalue weighted by atomic mass is 10.1. The number of nitrogens with zero attached hydrogens (tertiary/aromatic N) is 2. The molecule has 0 N–H and O–H groups in total. The van der Waals surface area contributed by atoms with Gasteiger partial charge in [-0.2, -0.15) is 0 Å². The van der Waals surface area contributed by atoms with Gasteiger partial charge in [0.15, 0.2) is 0 Å². The number of halogens is 1. The van der Waals surface area contributed by atoms with Gasteiger partial charge in [0, 0.05) is 15.8 Å². The van der Waals surface area contributed by atoms with Gasteiger partial charge in [0.05, 0.1) is 5.56 Å². The third kappa shape index (κ3) is 2.25. The van der Waals surface area contributed by atoms with Crippen molar-refractivity contribution in [2.45, 2.75) is 20.3 Å². The number of benzene rings is 1. The van der Waals surface area contributed by atoms with Crippen molar-refractivity contribution in [2.75, 3.05) is 0 Å². The highest BCUT2D eigenvalue weighted by Gasteiger charge is 2.16. The van der Waals surface area contributed by atoms with E-state index >= 15 is 0 Å². The molecule has 3 aromatic rings. The minimum Gasteiger partial charge on any atom is -0.416 e. The Balaban J connectivity index is 1.99. The van der Waals surface area contributed by atoms with Crippen LogP contribution in [0.1, 0.15) is 17.4 Å². The van der Waals surface area contributed by atoms with Crippen molar-refractivity contribution in [3.8, 4) is 22.9 Å². The molecule has 3 nitrogen and oxygen atoms in total. The van der Waals surface area contributed by atoms with Crippen molar-refractivity contribution in [1.82, 2.24) is 10.2 Å². The van der Waals surface area contributed by atoms with Gasteiger partial charge < -0.3 is 4.42 Å². The van der Waals surface area contributed by atoms with Crippen molar-refractivity contribution in [2.24, 2.45) is 0 Å². The lowest BCUT2D eigenvalue weighted by molar-refractivity contribution is 0.583. The van der Waals surface area contributed by atoms with E-state index in [1.54, 1.807) is 23.5 Å². The molecule has 0 unspecified atom stereocenters. The zero-order chi connectivity index (χ0) is 14.1.